The third-order valence-electron chi connectivity index (χ3n) is 1.09. The first kappa shape index (κ1) is 10.8. The lowest BCUT2D eigenvalue weighted by Gasteiger charge is -2.08. The molecule has 68 valence electrons. The van der Waals surface area contributed by atoms with Gasteiger partial charge in [0.15, 0.2) is 0 Å². The molecule has 0 aromatic rings. The molecule has 0 aromatic carbocycles. The van der Waals surface area contributed by atoms with Crippen LogP contribution >= 0.6 is 0 Å². The molecule has 0 spiro atoms. The van der Waals surface area contributed by atoms with E-state index < -0.39 is 5.97 Å². The van der Waals surface area contributed by atoms with Crippen molar-refractivity contribution in [3.63, 3.8) is 0 Å². The molecule has 0 saturated carbocycles. The van der Waals surface area contributed by atoms with Gasteiger partial charge in [-0.25, -0.2) is 4.79 Å². The van der Waals surface area contributed by atoms with Gasteiger partial charge in [-0.1, -0.05) is 0 Å². The highest BCUT2D eigenvalue weighted by Crippen LogP contribution is 1.82. The van der Waals surface area contributed by atoms with Crippen LogP contribution in [-0.2, 0) is 14.3 Å². The SMILES string of the molecule is CN(C)CCOC(=O)/C=C/C=O. The van der Waals surface area contributed by atoms with Crippen LogP contribution in [0.1, 0.15) is 0 Å². The van der Waals surface area contributed by atoms with Gasteiger partial charge < -0.3 is 9.64 Å². The van der Waals surface area contributed by atoms with Gasteiger partial charge in [0.2, 0.25) is 0 Å². The number of carbonyl (C=O) groups excluding carboxylic acids is 2. The van der Waals surface area contributed by atoms with Gasteiger partial charge in [0.25, 0.3) is 0 Å². The second-order valence-electron chi connectivity index (χ2n) is 2.47. The van der Waals surface area contributed by atoms with Gasteiger partial charge >= 0.3 is 5.97 Å². The van der Waals surface area contributed by atoms with E-state index in [1.165, 1.54) is 0 Å². The molecular weight excluding hydrogens is 158 g/mol. The van der Waals surface area contributed by atoms with Gasteiger partial charge in [-0.05, 0) is 20.2 Å². The summed E-state index contributed by atoms with van der Waals surface area (Å²) >= 11 is 0. The number of likely N-dealkylation sites (N-methyl/N-ethyl adjacent to an activating group) is 1. The second kappa shape index (κ2) is 6.54. The van der Waals surface area contributed by atoms with Crippen molar-refractivity contribution in [2.75, 3.05) is 27.2 Å². The number of carbonyl (C=O) groups is 2. The predicted octanol–water partition coefficient (Wildman–Crippen LogP) is -0.154. The summed E-state index contributed by atoms with van der Waals surface area (Å²) in [5.41, 5.74) is 0. The van der Waals surface area contributed by atoms with Crippen molar-refractivity contribution in [2.45, 2.75) is 0 Å². The molecule has 0 fully saturated rings. The Bertz CT molecular complexity index is 175. The van der Waals surface area contributed by atoms with E-state index in [2.05, 4.69) is 0 Å². The van der Waals surface area contributed by atoms with E-state index in [0.717, 1.165) is 12.2 Å². The quantitative estimate of drug-likeness (QED) is 0.328. The van der Waals surface area contributed by atoms with Crippen molar-refractivity contribution < 1.29 is 14.3 Å². The zero-order chi connectivity index (χ0) is 9.40. The van der Waals surface area contributed by atoms with Crippen LogP contribution in [0.4, 0.5) is 0 Å². The number of ether oxygens (including phenoxy) is 1. The number of esters is 1. The van der Waals surface area contributed by atoms with Crippen LogP contribution < -0.4 is 0 Å². The van der Waals surface area contributed by atoms with E-state index in [1.54, 1.807) is 0 Å². The fraction of sp³-hybridized carbons (Fsp3) is 0.500. The molecular formula is C8H13NO3. The lowest BCUT2D eigenvalue weighted by Crippen LogP contribution is -2.19. The molecule has 0 atom stereocenters. The monoisotopic (exact) mass is 171 g/mol. The van der Waals surface area contributed by atoms with E-state index in [4.69, 9.17) is 4.74 Å². The first-order chi connectivity index (χ1) is 5.66. The standard InChI is InChI=1S/C8H13NO3/c1-9(2)5-7-12-8(11)4-3-6-10/h3-4,6H,5,7H2,1-2H3/b4-3+. The number of rotatable bonds is 5. The molecule has 0 unspecified atom stereocenters. The highest BCUT2D eigenvalue weighted by atomic mass is 16.5. The molecule has 4 nitrogen and oxygen atoms in total. The zero-order valence-electron chi connectivity index (χ0n) is 7.32. The summed E-state index contributed by atoms with van der Waals surface area (Å²) in [6.07, 6.45) is 2.74. The topological polar surface area (TPSA) is 46.6 Å². The molecule has 0 heterocycles. The summed E-state index contributed by atoms with van der Waals surface area (Å²) in [6.45, 7) is 1.02. The Hall–Kier alpha value is -1.16. The molecule has 0 N–H and O–H groups in total. The summed E-state index contributed by atoms with van der Waals surface area (Å²) in [6, 6.07) is 0. The average molecular weight is 171 g/mol. The maximum absolute atomic E-state index is 10.7. The van der Waals surface area contributed by atoms with Crippen LogP contribution in [0.15, 0.2) is 12.2 Å². The van der Waals surface area contributed by atoms with Gasteiger partial charge in [0.1, 0.15) is 12.9 Å². The predicted molar refractivity (Wildman–Crippen MR) is 44.7 cm³/mol. The van der Waals surface area contributed by atoms with Crippen LogP contribution in [0.2, 0.25) is 0 Å². The van der Waals surface area contributed by atoms with E-state index in [0.29, 0.717) is 19.4 Å². The van der Waals surface area contributed by atoms with Crippen molar-refractivity contribution in [3.8, 4) is 0 Å². The third-order valence-corrected chi connectivity index (χ3v) is 1.09. The summed E-state index contributed by atoms with van der Waals surface area (Å²) in [4.78, 5) is 22.4. The lowest BCUT2D eigenvalue weighted by atomic mass is 10.5. The van der Waals surface area contributed by atoms with Crippen molar-refractivity contribution >= 4 is 12.3 Å². The minimum Gasteiger partial charge on any atom is -0.461 e. The zero-order valence-corrected chi connectivity index (χ0v) is 7.32. The molecule has 0 aliphatic carbocycles. The molecule has 0 rings (SSSR count). The Morgan fingerprint density at radius 2 is 2.17 bits per heavy atom. The minimum atomic E-state index is -0.482. The van der Waals surface area contributed by atoms with Gasteiger partial charge in [-0.2, -0.15) is 0 Å². The number of hydrogen-bond acceptors (Lipinski definition) is 4. The van der Waals surface area contributed by atoms with Crippen LogP contribution in [0, 0.1) is 0 Å². The third kappa shape index (κ3) is 6.95. The normalized spacial score (nSPS) is 10.6. The number of hydrogen-bond donors (Lipinski definition) is 0. The summed E-state index contributed by atoms with van der Waals surface area (Å²) < 4.78 is 4.73. The number of nitrogens with zero attached hydrogens (tertiary/aromatic N) is 1. The van der Waals surface area contributed by atoms with Crippen molar-refractivity contribution in [1.29, 1.82) is 0 Å². The Morgan fingerprint density at radius 1 is 1.50 bits per heavy atom. The molecule has 0 saturated heterocycles. The lowest BCUT2D eigenvalue weighted by molar-refractivity contribution is -0.138. The first-order valence-electron chi connectivity index (χ1n) is 3.60. The first-order valence-corrected chi connectivity index (χ1v) is 3.60. The van der Waals surface area contributed by atoms with E-state index in [1.807, 2.05) is 19.0 Å². The van der Waals surface area contributed by atoms with Gasteiger partial charge in [-0.15, -0.1) is 0 Å². The second-order valence-corrected chi connectivity index (χ2v) is 2.47. The van der Waals surface area contributed by atoms with Crippen molar-refractivity contribution in [2.24, 2.45) is 0 Å². The van der Waals surface area contributed by atoms with Crippen LogP contribution in [0.5, 0.6) is 0 Å². The largest absolute Gasteiger partial charge is 0.461 e. The van der Waals surface area contributed by atoms with Crippen LogP contribution in [-0.4, -0.2) is 44.4 Å². The Balaban J connectivity index is 3.44. The van der Waals surface area contributed by atoms with E-state index >= 15 is 0 Å². The van der Waals surface area contributed by atoms with E-state index in [-0.39, 0.29) is 0 Å². The van der Waals surface area contributed by atoms with Gasteiger partial charge in [0.05, 0.1) is 0 Å². The van der Waals surface area contributed by atoms with Crippen LogP contribution in [0.3, 0.4) is 0 Å². The van der Waals surface area contributed by atoms with Crippen molar-refractivity contribution in [3.05, 3.63) is 12.2 Å². The highest BCUT2D eigenvalue weighted by molar-refractivity contribution is 5.86. The molecule has 4 heteroatoms. The van der Waals surface area contributed by atoms with Gasteiger partial charge in [0, 0.05) is 12.6 Å². The fourth-order valence-corrected chi connectivity index (χ4v) is 0.495. The molecule has 0 amide bonds. The molecule has 0 bridgehead atoms. The molecule has 0 aliphatic heterocycles. The smallest absolute Gasteiger partial charge is 0.330 e. The molecule has 0 aliphatic rings. The van der Waals surface area contributed by atoms with Crippen molar-refractivity contribution in [1.82, 2.24) is 4.90 Å². The summed E-state index contributed by atoms with van der Waals surface area (Å²) in [5, 5.41) is 0. The number of allylic oxidation sites excluding steroid dienone is 1. The minimum absolute atomic E-state index is 0.342. The summed E-state index contributed by atoms with van der Waals surface area (Å²) in [7, 11) is 3.77. The highest BCUT2D eigenvalue weighted by Gasteiger charge is 1.95. The molecule has 0 radical (unpaired) electrons. The Kier molecular flexibility index (Phi) is 5.91. The molecule has 0 aromatic heterocycles. The maximum Gasteiger partial charge on any atom is 0.330 e. The Labute approximate surface area is 71.8 Å². The maximum atomic E-state index is 10.7. The molecule has 12 heavy (non-hydrogen) atoms. The van der Waals surface area contributed by atoms with Crippen LogP contribution in [0.25, 0.3) is 0 Å². The average Bonchev–Trinajstić information content (AvgIpc) is 2.00. The van der Waals surface area contributed by atoms with Gasteiger partial charge in [-0.3, -0.25) is 4.79 Å². The summed E-state index contributed by atoms with van der Waals surface area (Å²) in [5.74, 6) is -0.482. The Morgan fingerprint density at radius 3 is 2.67 bits per heavy atom. The number of aldehydes is 1. The fourth-order valence-electron chi connectivity index (χ4n) is 0.495. The van der Waals surface area contributed by atoms with E-state index in [9.17, 15) is 9.59 Å².